The molecule has 26 heavy (non-hydrogen) atoms. The fourth-order valence-corrected chi connectivity index (χ4v) is 3.29. The monoisotopic (exact) mass is 365 g/mol. The van der Waals surface area contributed by atoms with E-state index >= 15 is 0 Å². The van der Waals surface area contributed by atoms with E-state index in [0.29, 0.717) is 11.7 Å². The SMILES string of the molecule is CCCCCC(C)(O)C[C@H](CCc1ccc(O)c(OC)c1)NCC(C)C. The van der Waals surface area contributed by atoms with Gasteiger partial charge in [0.2, 0.25) is 0 Å². The summed E-state index contributed by atoms with van der Waals surface area (Å²) >= 11 is 0. The highest BCUT2D eigenvalue weighted by Gasteiger charge is 2.25. The number of aromatic hydroxyl groups is 1. The molecule has 0 aliphatic heterocycles. The fourth-order valence-electron chi connectivity index (χ4n) is 3.29. The van der Waals surface area contributed by atoms with Crippen LogP contribution in [0.4, 0.5) is 0 Å². The Morgan fingerprint density at radius 1 is 1.23 bits per heavy atom. The molecular formula is C22H39NO3. The number of benzene rings is 1. The van der Waals surface area contributed by atoms with Gasteiger partial charge in [-0.1, -0.05) is 46.1 Å². The number of hydrogen-bond acceptors (Lipinski definition) is 4. The quantitative estimate of drug-likeness (QED) is 0.445. The molecule has 0 spiro atoms. The van der Waals surface area contributed by atoms with E-state index in [2.05, 4.69) is 26.1 Å². The Balaban J connectivity index is 2.67. The molecule has 0 radical (unpaired) electrons. The molecule has 4 heteroatoms. The van der Waals surface area contributed by atoms with Gasteiger partial charge in [-0.25, -0.2) is 0 Å². The van der Waals surface area contributed by atoms with Crippen molar-refractivity contribution in [3.8, 4) is 11.5 Å². The van der Waals surface area contributed by atoms with Crippen molar-refractivity contribution in [1.29, 1.82) is 0 Å². The summed E-state index contributed by atoms with van der Waals surface area (Å²) in [5.74, 6) is 1.27. The lowest BCUT2D eigenvalue weighted by Gasteiger charge is -2.30. The van der Waals surface area contributed by atoms with Crippen LogP contribution in [0.3, 0.4) is 0 Å². The molecule has 4 nitrogen and oxygen atoms in total. The lowest BCUT2D eigenvalue weighted by atomic mass is 9.88. The summed E-state index contributed by atoms with van der Waals surface area (Å²) < 4.78 is 5.20. The Morgan fingerprint density at radius 2 is 1.96 bits per heavy atom. The van der Waals surface area contributed by atoms with Gasteiger partial charge < -0.3 is 20.3 Å². The average molecular weight is 366 g/mol. The van der Waals surface area contributed by atoms with Gasteiger partial charge in [0.25, 0.3) is 0 Å². The van der Waals surface area contributed by atoms with Crippen LogP contribution in [0.1, 0.15) is 71.8 Å². The first-order valence-corrected chi connectivity index (χ1v) is 10.1. The van der Waals surface area contributed by atoms with Gasteiger partial charge in [0, 0.05) is 6.04 Å². The Labute approximate surface area is 160 Å². The van der Waals surface area contributed by atoms with E-state index in [1.165, 1.54) is 12.8 Å². The van der Waals surface area contributed by atoms with Gasteiger partial charge in [-0.2, -0.15) is 0 Å². The molecule has 0 fully saturated rings. The Morgan fingerprint density at radius 3 is 2.58 bits per heavy atom. The smallest absolute Gasteiger partial charge is 0.160 e. The topological polar surface area (TPSA) is 61.7 Å². The first-order valence-electron chi connectivity index (χ1n) is 10.1. The zero-order valence-corrected chi connectivity index (χ0v) is 17.3. The molecule has 0 amide bonds. The van der Waals surface area contributed by atoms with Crippen molar-refractivity contribution in [3.05, 3.63) is 23.8 Å². The van der Waals surface area contributed by atoms with Gasteiger partial charge in [-0.15, -0.1) is 0 Å². The number of phenols is 1. The molecule has 0 heterocycles. The Bertz CT molecular complexity index is 514. The predicted octanol–water partition coefficient (Wildman–Crippen LogP) is 4.67. The number of methoxy groups -OCH3 is 1. The summed E-state index contributed by atoms with van der Waals surface area (Å²) in [6, 6.07) is 5.80. The van der Waals surface area contributed by atoms with E-state index in [1.54, 1.807) is 13.2 Å². The molecule has 2 atom stereocenters. The van der Waals surface area contributed by atoms with Crippen LogP contribution in [0.25, 0.3) is 0 Å². The minimum atomic E-state index is -0.629. The van der Waals surface area contributed by atoms with Crippen LogP contribution in [0.5, 0.6) is 11.5 Å². The fraction of sp³-hybridized carbons (Fsp3) is 0.727. The number of unbranched alkanes of at least 4 members (excludes halogenated alkanes) is 2. The van der Waals surface area contributed by atoms with Gasteiger partial charge in [-0.3, -0.25) is 0 Å². The third kappa shape index (κ3) is 8.91. The second-order valence-corrected chi connectivity index (χ2v) is 8.20. The number of phenolic OH excluding ortho intramolecular Hbond substituents is 1. The molecule has 1 unspecified atom stereocenters. The molecule has 0 aliphatic carbocycles. The molecule has 1 aromatic carbocycles. The number of rotatable bonds is 13. The summed E-state index contributed by atoms with van der Waals surface area (Å²) in [5.41, 5.74) is 0.512. The van der Waals surface area contributed by atoms with Gasteiger partial charge in [0.15, 0.2) is 11.5 Å². The predicted molar refractivity (Wildman–Crippen MR) is 109 cm³/mol. The van der Waals surface area contributed by atoms with Gasteiger partial charge in [0.1, 0.15) is 0 Å². The van der Waals surface area contributed by atoms with Crippen molar-refractivity contribution >= 4 is 0 Å². The van der Waals surface area contributed by atoms with E-state index in [0.717, 1.165) is 44.2 Å². The van der Waals surface area contributed by atoms with Crippen molar-refractivity contribution in [1.82, 2.24) is 5.32 Å². The van der Waals surface area contributed by atoms with Crippen molar-refractivity contribution in [2.75, 3.05) is 13.7 Å². The van der Waals surface area contributed by atoms with E-state index in [9.17, 15) is 10.2 Å². The maximum absolute atomic E-state index is 10.8. The molecule has 3 N–H and O–H groups in total. The molecule has 1 rings (SSSR count). The summed E-state index contributed by atoms with van der Waals surface area (Å²) in [7, 11) is 1.57. The highest BCUT2D eigenvalue weighted by Crippen LogP contribution is 2.28. The second kappa shape index (κ2) is 11.5. The lowest BCUT2D eigenvalue weighted by molar-refractivity contribution is 0.0278. The number of ether oxygens (including phenoxy) is 1. The van der Waals surface area contributed by atoms with Crippen molar-refractivity contribution in [2.45, 2.75) is 84.3 Å². The van der Waals surface area contributed by atoms with Gasteiger partial charge in [-0.05, 0) is 62.8 Å². The number of hydrogen-bond donors (Lipinski definition) is 3. The maximum Gasteiger partial charge on any atom is 0.160 e. The second-order valence-electron chi connectivity index (χ2n) is 8.20. The molecule has 0 saturated heterocycles. The van der Waals surface area contributed by atoms with Crippen LogP contribution in [0.15, 0.2) is 18.2 Å². The molecule has 150 valence electrons. The van der Waals surface area contributed by atoms with Crippen molar-refractivity contribution < 1.29 is 14.9 Å². The van der Waals surface area contributed by atoms with Crippen LogP contribution in [-0.4, -0.2) is 35.5 Å². The number of aryl methyl sites for hydroxylation is 1. The molecule has 0 aromatic heterocycles. The summed E-state index contributed by atoms with van der Waals surface area (Å²) in [5, 5.41) is 24.2. The zero-order valence-electron chi connectivity index (χ0n) is 17.3. The third-order valence-electron chi connectivity index (χ3n) is 4.85. The summed E-state index contributed by atoms with van der Waals surface area (Å²) in [6.07, 6.45) is 6.88. The van der Waals surface area contributed by atoms with Crippen molar-refractivity contribution in [2.24, 2.45) is 5.92 Å². The molecule has 0 bridgehead atoms. The Hall–Kier alpha value is -1.26. The zero-order chi connectivity index (χ0) is 19.6. The van der Waals surface area contributed by atoms with Gasteiger partial charge in [0.05, 0.1) is 12.7 Å². The normalized spacial score (nSPS) is 15.0. The van der Waals surface area contributed by atoms with Crippen LogP contribution in [0, 0.1) is 5.92 Å². The highest BCUT2D eigenvalue weighted by atomic mass is 16.5. The minimum Gasteiger partial charge on any atom is -0.504 e. The third-order valence-corrected chi connectivity index (χ3v) is 4.85. The lowest BCUT2D eigenvalue weighted by Crippen LogP contribution is -2.40. The summed E-state index contributed by atoms with van der Waals surface area (Å²) in [4.78, 5) is 0. The van der Waals surface area contributed by atoms with E-state index in [1.807, 2.05) is 19.1 Å². The Kier molecular flexibility index (Phi) is 10.0. The molecule has 1 aromatic rings. The maximum atomic E-state index is 10.8. The summed E-state index contributed by atoms with van der Waals surface area (Å²) in [6.45, 7) is 9.51. The highest BCUT2D eigenvalue weighted by molar-refractivity contribution is 5.41. The minimum absolute atomic E-state index is 0.171. The van der Waals surface area contributed by atoms with Crippen molar-refractivity contribution in [3.63, 3.8) is 0 Å². The number of nitrogens with one attached hydrogen (secondary N) is 1. The molecular weight excluding hydrogens is 326 g/mol. The van der Waals surface area contributed by atoms with Gasteiger partial charge >= 0.3 is 0 Å². The molecule has 0 saturated carbocycles. The average Bonchev–Trinajstić information content (AvgIpc) is 2.58. The van der Waals surface area contributed by atoms with Crippen LogP contribution >= 0.6 is 0 Å². The largest absolute Gasteiger partial charge is 0.504 e. The van der Waals surface area contributed by atoms with Crippen LogP contribution in [-0.2, 0) is 6.42 Å². The standard InChI is InChI=1S/C22H39NO3/c1-6-7-8-13-22(4,25)15-19(23-16-17(2)3)11-9-18-10-12-20(24)21(14-18)26-5/h10,12,14,17,19,23-25H,6-9,11,13,15-16H2,1-5H3/t19-,22?/m0/s1. The van der Waals surface area contributed by atoms with E-state index in [4.69, 9.17) is 4.74 Å². The van der Waals surface area contributed by atoms with Crippen LogP contribution < -0.4 is 10.1 Å². The van der Waals surface area contributed by atoms with E-state index in [-0.39, 0.29) is 11.8 Å². The van der Waals surface area contributed by atoms with Crippen LogP contribution in [0.2, 0.25) is 0 Å². The number of aliphatic hydroxyl groups is 1. The molecule has 0 aliphatic rings. The first kappa shape index (κ1) is 22.8. The first-order chi connectivity index (χ1) is 12.3. The van der Waals surface area contributed by atoms with E-state index < -0.39 is 5.60 Å².